The maximum absolute atomic E-state index is 13.4. The van der Waals surface area contributed by atoms with Gasteiger partial charge in [0.25, 0.3) is 5.91 Å². The van der Waals surface area contributed by atoms with Gasteiger partial charge in [-0.3, -0.25) is 18.9 Å². The molecule has 2 bridgehead atoms. The van der Waals surface area contributed by atoms with Crippen LogP contribution in [0.4, 0.5) is 13.2 Å². The van der Waals surface area contributed by atoms with E-state index in [2.05, 4.69) is 15.1 Å². The fourth-order valence-electron chi connectivity index (χ4n) is 5.39. The number of pyridine rings is 2. The van der Waals surface area contributed by atoms with Crippen molar-refractivity contribution >= 4 is 22.5 Å². The maximum Gasteiger partial charge on any atom is 0.408 e. The smallest absolute Gasteiger partial charge is 0.393 e. The lowest BCUT2D eigenvalue weighted by Crippen LogP contribution is -2.48. The maximum atomic E-state index is 13.4. The van der Waals surface area contributed by atoms with Gasteiger partial charge in [-0.1, -0.05) is 6.07 Å². The highest BCUT2D eigenvalue weighted by Gasteiger charge is 2.43. The van der Waals surface area contributed by atoms with Crippen molar-refractivity contribution in [3.8, 4) is 11.4 Å². The van der Waals surface area contributed by atoms with E-state index >= 15 is 0 Å². The minimum absolute atomic E-state index is 0.0763. The second-order valence-corrected chi connectivity index (χ2v) is 9.00. The number of carbonyl (C=O) groups is 1. The molecule has 4 aromatic heterocycles. The number of alkyl halides is 3. The molecule has 0 saturated carbocycles. The number of piperidine rings is 1. The lowest BCUT2D eigenvalue weighted by atomic mass is 9.99. The average molecular weight is 470 g/mol. The molecular weight excluding hydrogens is 449 g/mol. The highest BCUT2D eigenvalue weighted by atomic mass is 19.4. The molecule has 6 rings (SSSR count). The Balaban J connectivity index is 1.46. The highest BCUT2D eigenvalue weighted by Crippen LogP contribution is 2.37. The Morgan fingerprint density at radius 2 is 1.88 bits per heavy atom. The second kappa shape index (κ2) is 7.52. The van der Waals surface area contributed by atoms with Crippen molar-refractivity contribution in [2.45, 2.75) is 56.6 Å². The third-order valence-electron chi connectivity index (χ3n) is 6.79. The Kier molecular flexibility index (Phi) is 4.67. The summed E-state index contributed by atoms with van der Waals surface area (Å²) < 4.78 is 42.8. The number of hydrogen-bond donors (Lipinski definition) is 1. The van der Waals surface area contributed by atoms with Gasteiger partial charge in [-0.15, -0.1) is 0 Å². The van der Waals surface area contributed by atoms with Crippen LogP contribution >= 0.6 is 0 Å². The van der Waals surface area contributed by atoms with Gasteiger partial charge < -0.3 is 10.0 Å². The quantitative estimate of drug-likeness (QED) is 0.496. The Morgan fingerprint density at radius 1 is 1.12 bits per heavy atom. The number of halogens is 3. The summed E-state index contributed by atoms with van der Waals surface area (Å²) in [4.78, 5) is 23.7. The zero-order valence-electron chi connectivity index (χ0n) is 18.0. The third kappa shape index (κ3) is 3.42. The zero-order valence-corrected chi connectivity index (χ0v) is 18.0. The second-order valence-electron chi connectivity index (χ2n) is 9.00. The van der Waals surface area contributed by atoms with Crippen LogP contribution in [-0.4, -0.2) is 64.4 Å². The first-order chi connectivity index (χ1) is 16.3. The van der Waals surface area contributed by atoms with Crippen molar-refractivity contribution < 1.29 is 23.1 Å². The molecule has 2 aliphatic heterocycles. The molecule has 0 aliphatic carbocycles. The Morgan fingerprint density at radius 3 is 2.62 bits per heavy atom. The minimum Gasteiger partial charge on any atom is -0.393 e. The summed E-state index contributed by atoms with van der Waals surface area (Å²) >= 11 is 0. The lowest BCUT2D eigenvalue weighted by molar-refractivity contribution is -0.141. The molecule has 2 aliphatic rings. The summed E-state index contributed by atoms with van der Waals surface area (Å²) in [5, 5.41) is 14.7. The van der Waals surface area contributed by atoms with Crippen molar-refractivity contribution in [3.05, 3.63) is 48.5 Å². The molecule has 176 valence electrons. The van der Waals surface area contributed by atoms with Gasteiger partial charge >= 0.3 is 6.18 Å². The monoisotopic (exact) mass is 470 g/mol. The first-order valence-corrected chi connectivity index (χ1v) is 11.1. The molecule has 2 atom stereocenters. The number of aliphatic hydroxyl groups is 1. The van der Waals surface area contributed by atoms with E-state index in [1.165, 1.54) is 12.3 Å². The molecule has 6 heterocycles. The predicted octanol–water partition coefficient (Wildman–Crippen LogP) is 3.44. The van der Waals surface area contributed by atoms with Crippen molar-refractivity contribution in [1.82, 2.24) is 29.0 Å². The summed E-state index contributed by atoms with van der Waals surface area (Å²) in [5.41, 5.74) is 1.74. The number of aromatic nitrogens is 5. The molecule has 8 nitrogen and oxygen atoms in total. The van der Waals surface area contributed by atoms with Crippen LogP contribution in [0.1, 0.15) is 36.2 Å². The van der Waals surface area contributed by atoms with Gasteiger partial charge in [-0.05, 0) is 43.9 Å². The van der Waals surface area contributed by atoms with Gasteiger partial charge in [-0.25, -0.2) is 4.98 Å². The largest absolute Gasteiger partial charge is 0.408 e. The SMILES string of the molecule is O=C(c1cc2c(cn1)c(-c1cnc3ccccn13)nn2CC(F)(F)F)N1C2CCC1CC(O)C2. The van der Waals surface area contributed by atoms with Gasteiger partial charge in [0.15, 0.2) is 0 Å². The number of aliphatic hydroxyl groups excluding tert-OH is 1. The van der Waals surface area contributed by atoms with E-state index < -0.39 is 18.8 Å². The van der Waals surface area contributed by atoms with E-state index in [9.17, 15) is 23.1 Å². The Bertz CT molecular complexity index is 1400. The molecule has 34 heavy (non-hydrogen) atoms. The van der Waals surface area contributed by atoms with Crippen LogP contribution in [0.3, 0.4) is 0 Å². The summed E-state index contributed by atoms with van der Waals surface area (Å²) in [6.45, 7) is -1.29. The molecule has 2 unspecified atom stereocenters. The van der Waals surface area contributed by atoms with E-state index in [0.29, 0.717) is 35.3 Å². The van der Waals surface area contributed by atoms with Crippen LogP contribution in [-0.2, 0) is 6.54 Å². The van der Waals surface area contributed by atoms with Crippen LogP contribution in [0, 0.1) is 0 Å². The molecule has 0 spiro atoms. The average Bonchev–Trinajstić information content (AvgIpc) is 3.44. The topological polar surface area (TPSA) is 88.6 Å². The third-order valence-corrected chi connectivity index (χ3v) is 6.79. The number of carbonyl (C=O) groups excluding carboxylic acids is 1. The van der Waals surface area contributed by atoms with Crippen molar-refractivity contribution in [2.75, 3.05) is 0 Å². The van der Waals surface area contributed by atoms with Gasteiger partial charge in [-0.2, -0.15) is 18.3 Å². The summed E-state index contributed by atoms with van der Waals surface area (Å²) in [6, 6.07) is 6.65. The summed E-state index contributed by atoms with van der Waals surface area (Å²) in [7, 11) is 0. The van der Waals surface area contributed by atoms with Gasteiger partial charge in [0.1, 0.15) is 23.6 Å². The zero-order chi connectivity index (χ0) is 23.6. The van der Waals surface area contributed by atoms with Crippen LogP contribution in [0.25, 0.3) is 27.9 Å². The van der Waals surface area contributed by atoms with E-state index in [1.54, 1.807) is 33.8 Å². The summed E-state index contributed by atoms with van der Waals surface area (Å²) in [6.07, 6.45) is 2.44. The van der Waals surface area contributed by atoms with Gasteiger partial charge in [0.2, 0.25) is 0 Å². The number of hydrogen-bond acceptors (Lipinski definition) is 5. The fraction of sp³-hybridized carbons (Fsp3) is 0.391. The fourth-order valence-corrected chi connectivity index (χ4v) is 5.39. The first-order valence-electron chi connectivity index (χ1n) is 11.1. The van der Waals surface area contributed by atoms with Crippen molar-refractivity contribution in [3.63, 3.8) is 0 Å². The standard InChI is InChI=1S/C23H21F3N6O2/c24-23(25,26)12-31-18-9-17(22(34)32-13-4-5-14(32)8-15(33)7-13)27-10-16(18)21(29-31)19-11-28-20-3-1-2-6-30(19)20/h1-3,6,9-11,13-15,33H,4-5,7-8,12H2. The number of amides is 1. The summed E-state index contributed by atoms with van der Waals surface area (Å²) in [5.74, 6) is -0.322. The number of fused-ring (bicyclic) bond motifs is 4. The van der Waals surface area contributed by atoms with Crippen molar-refractivity contribution in [2.24, 2.45) is 0 Å². The molecule has 1 amide bonds. The van der Waals surface area contributed by atoms with E-state index in [-0.39, 0.29) is 29.2 Å². The molecule has 4 aromatic rings. The normalized spacial score (nSPS) is 22.7. The number of imidazole rings is 1. The van der Waals surface area contributed by atoms with E-state index in [0.717, 1.165) is 17.5 Å². The first kappa shape index (κ1) is 21.1. The number of nitrogens with zero attached hydrogens (tertiary/aromatic N) is 6. The molecule has 11 heteroatoms. The molecular formula is C23H21F3N6O2. The Hall–Kier alpha value is -3.47. The highest BCUT2D eigenvalue weighted by molar-refractivity contribution is 5.99. The number of rotatable bonds is 3. The van der Waals surface area contributed by atoms with E-state index in [1.807, 2.05) is 6.07 Å². The van der Waals surface area contributed by atoms with Crippen LogP contribution in [0.2, 0.25) is 0 Å². The Labute approximate surface area is 191 Å². The van der Waals surface area contributed by atoms with Crippen LogP contribution in [0.5, 0.6) is 0 Å². The molecule has 2 saturated heterocycles. The van der Waals surface area contributed by atoms with E-state index in [4.69, 9.17) is 0 Å². The molecule has 1 N–H and O–H groups in total. The van der Waals surface area contributed by atoms with Gasteiger partial charge in [0, 0.05) is 29.9 Å². The predicted molar refractivity (Wildman–Crippen MR) is 116 cm³/mol. The lowest BCUT2D eigenvalue weighted by Gasteiger charge is -2.37. The minimum atomic E-state index is -4.49. The van der Waals surface area contributed by atoms with Gasteiger partial charge in [0.05, 0.1) is 23.5 Å². The van der Waals surface area contributed by atoms with Crippen LogP contribution < -0.4 is 0 Å². The molecule has 0 radical (unpaired) electrons. The molecule has 2 fully saturated rings. The molecule has 0 aromatic carbocycles. The van der Waals surface area contributed by atoms with Crippen LogP contribution in [0.15, 0.2) is 42.9 Å². The van der Waals surface area contributed by atoms with Crippen molar-refractivity contribution in [1.29, 1.82) is 0 Å².